The number of fused-ring (bicyclic) bond motifs is 1. The molecule has 4 rings (SSSR count). The maximum absolute atomic E-state index is 13.3. The molecule has 0 amide bonds. The number of aliphatic hydroxyl groups excluding tert-OH is 1. The number of ether oxygens (including phenoxy) is 1. The summed E-state index contributed by atoms with van der Waals surface area (Å²) in [5.74, 6) is 0.428. The molecule has 9 heteroatoms. The third-order valence-corrected chi connectivity index (χ3v) is 5.21. The van der Waals surface area contributed by atoms with E-state index in [1.54, 1.807) is 35.9 Å². The fourth-order valence-corrected chi connectivity index (χ4v) is 3.52. The van der Waals surface area contributed by atoms with Gasteiger partial charge >= 0.3 is 11.7 Å². The van der Waals surface area contributed by atoms with Crippen LogP contribution in [-0.4, -0.2) is 30.4 Å². The van der Waals surface area contributed by atoms with Crippen LogP contribution in [0.1, 0.15) is 17.5 Å². The second-order valence-corrected chi connectivity index (χ2v) is 7.39. The molecule has 0 bridgehead atoms. The number of rotatable bonds is 8. The van der Waals surface area contributed by atoms with Crippen LogP contribution in [0.15, 0.2) is 64.2 Å². The molecule has 0 saturated carbocycles. The maximum atomic E-state index is 13.3. The molecule has 0 aliphatic heterocycles. The van der Waals surface area contributed by atoms with Crippen LogP contribution in [0.25, 0.3) is 11.2 Å². The van der Waals surface area contributed by atoms with Gasteiger partial charge in [-0.3, -0.25) is 18.5 Å². The summed E-state index contributed by atoms with van der Waals surface area (Å²) in [5, 5.41) is 9.16. The van der Waals surface area contributed by atoms with Crippen molar-refractivity contribution in [3.63, 3.8) is 0 Å². The lowest BCUT2D eigenvalue weighted by Crippen LogP contribution is -2.39. The van der Waals surface area contributed by atoms with Gasteiger partial charge in [-0.1, -0.05) is 42.5 Å². The average Bonchev–Trinajstić information content (AvgIpc) is 3.17. The normalized spacial score (nSPS) is 11.2. The Morgan fingerprint density at radius 1 is 1.00 bits per heavy atom. The van der Waals surface area contributed by atoms with Gasteiger partial charge in [0.2, 0.25) is 0 Å². The summed E-state index contributed by atoms with van der Waals surface area (Å²) in [7, 11) is 1.54. The molecule has 2 heterocycles. The van der Waals surface area contributed by atoms with Crippen molar-refractivity contribution in [3.05, 3.63) is 86.6 Å². The van der Waals surface area contributed by atoms with E-state index in [0.29, 0.717) is 17.9 Å². The van der Waals surface area contributed by atoms with Gasteiger partial charge in [0.15, 0.2) is 11.2 Å². The fourth-order valence-electron chi connectivity index (χ4n) is 3.52. The minimum atomic E-state index is -0.581. The Hall–Kier alpha value is -3.72. The lowest BCUT2D eigenvalue weighted by Gasteiger charge is -2.11. The molecule has 0 unspecified atom stereocenters. The lowest BCUT2D eigenvalue weighted by molar-refractivity contribution is 0.277. The van der Waals surface area contributed by atoms with Gasteiger partial charge in [0, 0.05) is 20.2 Å². The van der Waals surface area contributed by atoms with Crippen molar-refractivity contribution >= 4 is 11.2 Å². The van der Waals surface area contributed by atoms with E-state index >= 15 is 0 Å². The van der Waals surface area contributed by atoms with Gasteiger partial charge in [-0.2, -0.15) is 4.98 Å². The van der Waals surface area contributed by atoms with Crippen molar-refractivity contribution < 1.29 is 14.2 Å². The molecule has 2 aromatic heterocycles. The van der Waals surface area contributed by atoms with Gasteiger partial charge in [-0.25, -0.2) is 9.18 Å². The Labute approximate surface area is 182 Å². The van der Waals surface area contributed by atoms with Gasteiger partial charge in [0.1, 0.15) is 12.4 Å². The SMILES string of the molecule is Cn1c(=O)n(CCCO)c(=O)c2c1nc(Oc1ccc(CF)cc1)n2Cc1ccccc1. The number of benzene rings is 2. The second kappa shape index (κ2) is 9.19. The Morgan fingerprint density at radius 3 is 2.38 bits per heavy atom. The summed E-state index contributed by atoms with van der Waals surface area (Å²) in [6.07, 6.45) is 0.276. The molecule has 2 aromatic carbocycles. The number of hydrogen-bond donors (Lipinski definition) is 1. The first kappa shape index (κ1) is 21.5. The Morgan fingerprint density at radius 2 is 1.72 bits per heavy atom. The quantitative estimate of drug-likeness (QED) is 0.457. The minimum absolute atomic E-state index is 0.0926. The lowest BCUT2D eigenvalue weighted by atomic mass is 10.2. The van der Waals surface area contributed by atoms with Crippen LogP contribution < -0.4 is 16.0 Å². The third kappa shape index (κ3) is 4.06. The predicted octanol–water partition coefficient (Wildman–Crippen LogP) is 2.59. The van der Waals surface area contributed by atoms with E-state index in [9.17, 15) is 14.0 Å². The zero-order chi connectivity index (χ0) is 22.7. The van der Waals surface area contributed by atoms with Crippen molar-refractivity contribution in [1.29, 1.82) is 0 Å². The first-order chi connectivity index (χ1) is 15.5. The molecule has 0 fully saturated rings. The second-order valence-electron chi connectivity index (χ2n) is 7.39. The smallest absolute Gasteiger partial charge is 0.332 e. The van der Waals surface area contributed by atoms with Crippen molar-refractivity contribution in [3.8, 4) is 11.8 Å². The Bertz CT molecular complexity index is 1340. The third-order valence-electron chi connectivity index (χ3n) is 5.21. The predicted molar refractivity (Wildman–Crippen MR) is 118 cm³/mol. The first-order valence-corrected chi connectivity index (χ1v) is 10.2. The van der Waals surface area contributed by atoms with E-state index in [4.69, 9.17) is 9.84 Å². The summed E-state index contributed by atoms with van der Waals surface area (Å²) < 4.78 is 22.8. The van der Waals surface area contributed by atoms with Crippen molar-refractivity contribution in [2.45, 2.75) is 26.2 Å². The molecule has 0 saturated heterocycles. The van der Waals surface area contributed by atoms with E-state index in [-0.39, 0.29) is 36.7 Å². The van der Waals surface area contributed by atoms with E-state index in [1.807, 2.05) is 30.3 Å². The molecule has 1 N–H and O–H groups in total. The van der Waals surface area contributed by atoms with Crippen LogP contribution in [0.2, 0.25) is 0 Å². The van der Waals surface area contributed by atoms with Crippen LogP contribution in [0.4, 0.5) is 4.39 Å². The largest absolute Gasteiger partial charge is 0.425 e. The number of aliphatic hydroxyl groups is 1. The molecule has 166 valence electrons. The summed E-state index contributed by atoms with van der Waals surface area (Å²) in [5.41, 5.74) is 0.849. The number of alkyl halides is 1. The minimum Gasteiger partial charge on any atom is -0.425 e. The van der Waals surface area contributed by atoms with Crippen LogP contribution in [-0.2, 0) is 26.8 Å². The number of nitrogens with zero attached hydrogens (tertiary/aromatic N) is 4. The molecule has 8 nitrogen and oxygen atoms in total. The molecule has 0 radical (unpaired) electrons. The molecule has 0 aliphatic carbocycles. The monoisotopic (exact) mass is 438 g/mol. The van der Waals surface area contributed by atoms with Crippen LogP contribution >= 0.6 is 0 Å². The van der Waals surface area contributed by atoms with E-state index in [1.165, 1.54) is 4.57 Å². The molecular weight excluding hydrogens is 415 g/mol. The highest BCUT2D eigenvalue weighted by atomic mass is 19.1. The van der Waals surface area contributed by atoms with E-state index < -0.39 is 17.9 Å². The van der Waals surface area contributed by atoms with Crippen molar-refractivity contribution in [1.82, 2.24) is 18.7 Å². The van der Waals surface area contributed by atoms with Crippen LogP contribution in [0.5, 0.6) is 11.8 Å². The highest BCUT2D eigenvalue weighted by Crippen LogP contribution is 2.25. The zero-order valence-electron chi connectivity index (χ0n) is 17.6. The summed E-state index contributed by atoms with van der Waals surface area (Å²) >= 11 is 0. The Balaban J connectivity index is 1.90. The van der Waals surface area contributed by atoms with Crippen molar-refractivity contribution in [2.75, 3.05) is 6.61 Å². The van der Waals surface area contributed by atoms with Crippen LogP contribution in [0.3, 0.4) is 0 Å². The molecule has 32 heavy (non-hydrogen) atoms. The van der Waals surface area contributed by atoms with Crippen molar-refractivity contribution in [2.24, 2.45) is 7.05 Å². The molecule has 0 atom stereocenters. The van der Waals surface area contributed by atoms with Gasteiger partial charge in [0.05, 0.1) is 6.54 Å². The number of imidazole rings is 1. The number of aryl methyl sites for hydroxylation is 1. The maximum Gasteiger partial charge on any atom is 0.332 e. The standard InChI is InChI=1S/C23H23FN4O4/c1-26-20-19(21(30)27(23(26)31)12-5-13-29)28(15-17-6-3-2-4-7-17)22(25-20)32-18-10-8-16(14-24)9-11-18/h2-4,6-11,29H,5,12-15H2,1H3. The number of hydrogen-bond acceptors (Lipinski definition) is 5. The molecule has 0 spiro atoms. The Kier molecular flexibility index (Phi) is 6.18. The average molecular weight is 438 g/mol. The highest BCUT2D eigenvalue weighted by Gasteiger charge is 2.22. The van der Waals surface area contributed by atoms with E-state index in [0.717, 1.165) is 10.1 Å². The number of aromatic nitrogens is 4. The molecule has 4 aromatic rings. The van der Waals surface area contributed by atoms with Crippen LogP contribution in [0, 0.1) is 0 Å². The summed E-state index contributed by atoms with van der Waals surface area (Å²) in [6.45, 7) is -0.333. The van der Waals surface area contributed by atoms with Gasteiger partial charge in [0.25, 0.3) is 5.56 Å². The first-order valence-electron chi connectivity index (χ1n) is 10.2. The van der Waals surface area contributed by atoms with Gasteiger partial charge in [-0.05, 0) is 29.7 Å². The number of halogens is 1. The van der Waals surface area contributed by atoms with E-state index in [2.05, 4.69) is 4.98 Å². The van der Waals surface area contributed by atoms with Gasteiger partial charge in [-0.15, -0.1) is 0 Å². The molecule has 0 aliphatic rings. The topological polar surface area (TPSA) is 91.3 Å². The molecular formula is C23H23FN4O4. The zero-order valence-corrected chi connectivity index (χ0v) is 17.6. The fraction of sp³-hybridized carbons (Fsp3) is 0.261. The highest BCUT2D eigenvalue weighted by molar-refractivity contribution is 5.72. The summed E-state index contributed by atoms with van der Waals surface area (Å²) in [4.78, 5) is 30.5. The summed E-state index contributed by atoms with van der Waals surface area (Å²) in [6, 6.07) is 16.1. The van der Waals surface area contributed by atoms with Gasteiger partial charge < -0.3 is 9.84 Å².